The molecule has 2 aliphatic heterocycles. The maximum absolute atomic E-state index is 12.7. The van der Waals surface area contributed by atoms with Crippen molar-refractivity contribution in [2.45, 2.75) is 25.8 Å². The number of carbonyl (C=O) groups excluding carboxylic acids is 2. The van der Waals surface area contributed by atoms with Crippen LogP contribution < -0.4 is 10.6 Å². The number of benzene rings is 1. The van der Waals surface area contributed by atoms with Gasteiger partial charge in [-0.3, -0.25) is 10.1 Å². The highest BCUT2D eigenvalue weighted by Crippen LogP contribution is 2.26. The van der Waals surface area contributed by atoms with Crippen LogP contribution in [0.4, 0.5) is 4.79 Å². The Balaban J connectivity index is 1.74. The summed E-state index contributed by atoms with van der Waals surface area (Å²) in [5.41, 5.74) is 2.01. The largest absolute Gasteiger partial charge is 0.322 e. The van der Waals surface area contributed by atoms with Gasteiger partial charge in [-0.1, -0.05) is 18.2 Å². The summed E-state index contributed by atoms with van der Waals surface area (Å²) in [6.45, 7) is 3.75. The van der Waals surface area contributed by atoms with Gasteiger partial charge >= 0.3 is 6.03 Å². The van der Waals surface area contributed by atoms with Gasteiger partial charge < -0.3 is 5.32 Å². The molecule has 1 saturated heterocycles. The van der Waals surface area contributed by atoms with Gasteiger partial charge in [0.1, 0.15) is 5.54 Å². The van der Waals surface area contributed by atoms with E-state index >= 15 is 0 Å². The molecule has 1 aromatic carbocycles. The number of hydrogen-bond donors (Lipinski definition) is 2. The number of rotatable bonds is 4. The van der Waals surface area contributed by atoms with Crippen molar-refractivity contribution in [3.8, 4) is 6.07 Å². The average Bonchev–Trinajstić information content (AvgIpc) is 2.85. The normalized spacial score (nSPS) is 23.4. The van der Waals surface area contributed by atoms with Crippen molar-refractivity contribution >= 4 is 27.5 Å². The Morgan fingerprint density at radius 1 is 1.33 bits per heavy atom. The summed E-state index contributed by atoms with van der Waals surface area (Å²) in [6, 6.07) is 6.99. The van der Waals surface area contributed by atoms with Gasteiger partial charge in [0, 0.05) is 13.1 Å². The summed E-state index contributed by atoms with van der Waals surface area (Å²) < 4.78 is 26.7. The first-order valence-corrected chi connectivity index (χ1v) is 10.1. The van der Waals surface area contributed by atoms with E-state index in [-0.39, 0.29) is 6.54 Å². The number of nitrogens with zero attached hydrogens (tertiary/aromatic N) is 2. The van der Waals surface area contributed by atoms with Crippen molar-refractivity contribution < 1.29 is 18.0 Å². The van der Waals surface area contributed by atoms with E-state index in [1.807, 2.05) is 25.1 Å². The van der Waals surface area contributed by atoms with Crippen LogP contribution in [0.3, 0.4) is 0 Å². The lowest BCUT2D eigenvalue weighted by Crippen LogP contribution is -2.52. The van der Waals surface area contributed by atoms with E-state index in [1.54, 1.807) is 6.07 Å². The number of sulfonamides is 1. The van der Waals surface area contributed by atoms with Crippen molar-refractivity contribution in [1.29, 1.82) is 5.26 Å². The predicted octanol–water partition coefficient (Wildman–Crippen LogP) is 0.884. The third kappa shape index (κ3) is 3.72. The van der Waals surface area contributed by atoms with Crippen LogP contribution in [-0.4, -0.2) is 49.0 Å². The number of carbonyl (C=O) groups is 2. The second-order valence-electron chi connectivity index (χ2n) is 6.98. The first kappa shape index (κ1) is 19.1. The molecule has 1 fully saturated rings. The maximum atomic E-state index is 12.7. The van der Waals surface area contributed by atoms with E-state index in [0.29, 0.717) is 18.5 Å². The molecule has 1 unspecified atom stereocenters. The molecule has 2 N–H and O–H groups in total. The van der Waals surface area contributed by atoms with Gasteiger partial charge in [0.2, 0.25) is 10.0 Å². The smallest absolute Gasteiger partial charge is 0.322 e. The SMILES string of the molecule is Cc1cc(C2=CCN(S(=O)(=O)CC3(C)NC(=O)NC3=O)CC2)ccc1C#N. The third-order valence-electron chi connectivity index (χ3n) is 4.87. The molecule has 8 nitrogen and oxygen atoms in total. The average molecular weight is 388 g/mol. The Morgan fingerprint density at radius 3 is 2.59 bits per heavy atom. The molecule has 1 aromatic rings. The van der Waals surface area contributed by atoms with Gasteiger partial charge in [0.25, 0.3) is 5.91 Å². The van der Waals surface area contributed by atoms with Crippen LogP contribution in [0, 0.1) is 18.3 Å². The summed E-state index contributed by atoms with van der Waals surface area (Å²) in [7, 11) is -3.74. The van der Waals surface area contributed by atoms with Crippen LogP contribution in [0.1, 0.15) is 30.0 Å². The fraction of sp³-hybridized carbons (Fsp3) is 0.389. The number of nitriles is 1. The van der Waals surface area contributed by atoms with E-state index in [0.717, 1.165) is 16.7 Å². The van der Waals surface area contributed by atoms with Crippen molar-refractivity contribution in [1.82, 2.24) is 14.9 Å². The molecule has 0 saturated carbocycles. The maximum Gasteiger partial charge on any atom is 0.322 e. The number of nitrogens with one attached hydrogen (secondary N) is 2. The Labute approximate surface area is 157 Å². The van der Waals surface area contributed by atoms with E-state index in [2.05, 4.69) is 16.7 Å². The molecule has 3 amide bonds. The Bertz CT molecular complexity index is 993. The summed E-state index contributed by atoms with van der Waals surface area (Å²) in [5.74, 6) is -1.13. The minimum absolute atomic E-state index is 0.197. The molecule has 2 heterocycles. The summed E-state index contributed by atoms with van der Waals surface area (Å²) in [5, 5.41) is 13.5. The zero-order valence-electron chi connectivity index (χ0n) is 15.1. The monoisotopic (exact) mass is 388 g/mol. The standard InChI is InChI=1S/C18H20N4O4S/c1-12-9-14(3-4-15(12)10-19)13-5-7-22(8-6-13)27(25,26)11-18(2)16(23)20-17(24)21-18/h3-5,9H,6-8,11H2,1-2H3,(H2,20,21,23,24). The number of imide groups is 1. The van der Waals surface area contributed by atoms with Crippen LogP contribution in [0.15, 0.2) is 24.3 Å². The van der Waals surface area contributed by atoms with E-state index in [9.17, 15) is 18.0 Å². The molecule has 0 aromatic heterocycles. The fourth-order valence-electron chi connectivity index (χ4n) is 3.29. The van der Waals surface area contributed by atoms with Crippen LogP contribution in [0.25, 0.3) is 5.57 Å². The van der Waals surface area contributed by atoms with E-state index in [4.69, 9.17) is 5.26 Å². The lowest BCUT2D eigenvalue weighted by atomic mass is 9.97. The van der Waals surface area contributed by atoms with Gasteiger partial charge in [-0.25, -0.2) is 13.2 Å². The zero-order chi connectivity index (χ0) is 19.8. The lowest BCUT2D eigenvalue weighted by molar-refractivity contribution is -0.122. The van der Waals surface area contributed by atoms with E-state index in [1.165, 1.54) is 11.2 Å². The van der Waals surface area contributed by atoms with Crippen LogP contribution in [-0.2, 0) is 14.8 Å². The van der Waals surface area contributed by atoms with Gasteiger partial charge in [-0.05, 0) is 43.0 Å². The van der Waals surface area contributed by atoms with Crippen molar-refractivity contribution in [3.05, 3.63) is 41.0 Å². The highest BCUT2D eigenvalue weighted by Gasteiger charge is 2.46. The van der Waals surface area contributed by atoms with Crippen LogP contribution in [0.2, 0.25) is 0 Å². The van der Waals surface area contributed by atoms with Gasteiger partial charge in [-0.2, -0.15) is 9.57 Å². The Morgan fingerprint density at radius 2 is 2.07 bits per heavy atom. The van der Waals surface area contributed by atoms with E-state index < -0.39 is 33.3 Å². The van der Waals surface area contributed by atoms with Gasteiger partial charge in [0.15, 0.2) is 0 Å². The van der Waals surface area contributed by atoms with Crippen molar-refractivity contribution in [2.24, 2.45) is 0 Å². The van der Waals surface area contributed by atoms with Crippen LogP contribution >= 0.6 is 0 Å². The Kier molecular flexibility index (Phi) is 4.80. The topological polar surface area (TPSA) is 119 Å². The number of urea groups is 1. The summed E-state index contributed by atoms with van der Waals surface area (Å²) in [4.78, 5) is 23.2. The molecule has 3 rings (SSSR count). The van der Waals surface area contributed by atoms with Crippen molar-refractivity contribution in [3.63, 3.8) is 0 Å². The number of amides is 3. The molecule has 9 heteroatoms. The fourth-order valence-corrected chi connectivity index (χ4v) is 5.08. The molecule has 2 aliphatic rings. The molecule has 1 atom stereocenters. The molecule has 0 spiro atoms. The quantitative estimate of drug-likeness (QED) is 0.742. The second kappa shape index (κ2) is 6.79. The highest BCUT2D eigenvalue weighted by molar-refractivity contribution is 7.89. The third-order valence-corrected chi connectivity index (χ3v) is 6.93. The molecular formula is C18H20N4O4S. The lowest BCUT2D eigenvalue weighted by Gasteiger charge is -2.29. The first-order chi connectivity index (χ1) is 12.6. The number of hydrogen-bond acceptors (Lipinski definition) is 5. The van der Waals surface area contributed by atoms with Gasteiger partial charge in [-0.15, -0.1) is 0 Å². The van der Waals surface area contributed by atoms with Crippen LogP contribution in [0.5, 0.6) is 0 Å². The zero-order valence-corrected chi connectivity index (χ0v) is 15.9. The number of aryl methyl sites for hydroxylation is 1. The minimum atomic E-state index is -3.74. The van der Waals surface area contributed by atoms with Gasteiger partial charge in [0.05, 0.1) is 17.4 Å². The molecule has 0 bridgehead atoms. The molecule has 142 valence electrons. The van der Waals surface area contributed by atoms with Crippen molar-refractivity contribution in [2.75, 3.05) is 18.8 Å². The predicted molar refractivity (Wildman–Crippen MR) is 98.9 cm³/mol. The summed E-state index contributed by atoms with van der Waals surface area (Å²) >= 11 is 0. The first-order valence-electron chi connectivity index (χ1n) is 8.46. The minimum Gasteiger partial charge on any atom is -0.322 e. The molecule has 27 heavy (non-hydrogen) atoms. The molecule has 0 radical (unpaired) electrons. The highest BCUT2D eigenvalue weighted by atomic mass is 32.2. The summed E-state index contributed by atoms with van der Waals surface area (Å²) in [6.07, 6.45) is 2.37. The molecular weight excluding hydrogens is 368 g/mol. The Hall–Kier alpha value is -2.70. The molecule has 0 aliphatic carbocycles. The second-order valence-corrected chi connectivity index (χ2v) is 8.94.